The Morgan fingerprint density at radius 3 is 2.73 bits per heavy atom. The van der Waals surface area contributed by atoms with Gasteiger partial charge < -0.3 is 9.15 Å². The minimum Gasteiger partial charge on any atom is -0.465 e. The van der Waals surface area contributed by atoms with Crippen molar-refractivity contribution in [3.63, 3.8) is 0 Å². The number of thioether (sulfide) groups is 1. The average Bonchev–Trinajstić information content (AvgIpc) is 3.16. The maximum absolute atomic E-state index is 12.6. The number of aromatic nitrogens is 2. The van der Waals surface area contributed by atoms with Gasteiger partial charge in [0.2, 0.25) is 0 Å². The molecule has 0 saturated carbocycles. The summed E-state index contributed by atoms with van der Waals surface area (Å²) in [6.07, 6.45) is 1.79. The zero-order valence-electron chi connectivity index (χ0n) is 16.0. The van der Waals surface area contributed by atoms with E-state index in [1.807, 2.05) is 47.0 Å². The Labute approximate surface area is 190 Å². The van der Waals surface area contributed by atoms with Crippen LogP contribution in [0, 0.1) is 3.57 Å². The van der Waals surface area contributed by atoms with E-state index in [0.29, 0.717) is 28.6 Å². The summed E-state index contributed by atoms with van der Waals surface area (Å²) in [6, 6.07) is 17.0. The summed E-state index contributed by atoms with van der Waals surface area (Å²) < 4.78 is 13.5. The normalized spacial score (nSPS) is 11.0. The van der Waals surface area contributed by atoms with Gasteiger partial charge in [-0.05, 0) is 65.9 Å². The monoisotopic (exact) mass is 532 g/mol. The lowest BCUT2D eigenvalue weighted by Crippen LogP contribution is -2.07. The Morgan fingerprint density at radius 2 is 1.97 bits per heavy atom. The number of fused-ring (bicyclic) bond motifs is 1. The van der Waals surface area contributed by atoms with Crippen LogP contribution in [0.15, 0.2) is 75.2 Å². The van der Waals surface area contributed by atoms with Gasteiger partial charge >= 0.3 is 11.6 Å². The first kappa shape index (κ1) is 20.7. The highest BCUT2D eigenvalue weighted by Crippen LogP contribution is 2.28. The van der Waals surface area contributed by atoms with Crippen LogP contribution in [0.5, 0.6) is 0 Å². The zero-order chi connectivity index (χ0) is 21.1. The minimum absolute atomic E-state index is 0.126. The van der Waals surface area contributed by atoms with Gasteiger partial charge in [0.1, 0.15) is 5.58 Å². The van der Waals surface area contributed by atoms with Crippen LogP contribution in [0.25, 0.3) is 27.9 Å². The van der Waals surface area contributed by atoms with Gasteiger partial charge in [-0.15, -0.1) is 0 Å². The Kier molecular flexibility index (Phi) is 6.24. The second-order valence-electron chi connectivity index (χ2n) is 6.33. The van der Waals surface area contributed by atoms with Gasteiger partial charge in [0.15, 0.2) is 5.16 Å². The molecule has 0 spiro atoms. The Hall–Kier alpha value is -2.59. The average molecular weight is 532 g/mol. The number of hydrogen-bond donors (Lipinski definition) is 0. The second kappa shape index (κ2) is 9.05. The molecule has 0 amide bonds. The van der Waals surface area contributed by atoms with Crippen LogP contribution < -0.4 is 5.63 Å². The van der Waals surface area contributed by atoms with Crippen LogP contribution >= 0.6 is 34.4 Å². The van der Waals surface area contributed by atoms with E-state index < -0.39 is 5.63 Å². The Bertz CT molecular complexity index is 1260. The van der Waals surface area contributed by atoms with Gasteiger partial charge in [-0.1, -0.05) is 30.0 Å². The molecule has 0 fully saturated rings. The first-order valence-corrected chi connectivity index (χ1v) is 11.3. The van der Waals surface area contributed by atoms with Crippen LogP contribution in [-0.2, 0) is 9.53 Å². The van der Waals surface area contributed by atoms with Crippen LogP contribution in [0.3, 0.4) is 0 Å². The summed E-state index contributed by atoms with van der Waals surface area (Å²) in [7, 11) is 0. The molecule has 0 aliphatic rings. The first-order valence-electron chi connectivity index (χ1n) is 9.22. The molecule has 0 atom stereocenters. The molecule has 0 aliphatic heterocycles. The lowest BCUT2D eigenvalue weighted by Gasteiger charge is -2.07. The molecule has 30 heavy (non-hydrogen) atoms. The van der Waals surface area contributed by atoms with Crippen molar-refractivity contribution in [1.82, 2.24) is 9.55 Å². The summed E-state index contributed by atoms with van der Waals surface area (Å²) in [5.41, 5.74) is 1.81. The maximum Gasteiger partial charge on any atom is 0.345 e. The summed E-state index contributed by atoms with van der Waals surface area (Å²) in [5.74, 6) is -0.188. The highest BCUT2D eigenvalue weighted by Gasteiger charge is 2.17. The van der Waals surface area contributed by atoms with Crippen molar-refractivity contribution in [3.05, 3.63) is 74.8 Å². The van der Waals surface area contributed by atoms with E-state index in [1.165, 1.54) is 11.8 Å². The predicted octanol–water partition coefficient (Wildman–Crippen LogP) is 4.91. The smallest absolute Gasteiger partial charge is 0.345 e. The lowest BCUT2D eigenvalue weighted by atomic mass is 10.1. The molecule has 4 aromatic rings. The molecule has 0 bridgehead atoms. The first-order chi connectivity index (χ1) is 14.5. The third-order valence-corrected chi connectivity index (χ3v) is 5.97. The molecule has 2 aromatic heterocycles. The number of carbonyl (C=O) groups is 1. The zero-order valence-corrected chi connectivity index (χ0v) is 19.0. The van der Waals surface area contributed by atoms with Gasteiger partial charge in [-0.25, -0.2) is 9.78 Å². The highest BCUT2D eigenvalue weighted by atomic mass is 127. The molecule has 152 valence electrons. The third-order valence-electron chi connectivity index (χ3n) is 4.32. The van der Waals surface area contributed by atoms with Crippen LogP contribution in [0.2, 0.25) is 0 Å². The molecule has 0 N–H and O–H groups in total. The quantitative estimate of drug-likeness (QED) is 0.152. The molecule has 4 rings (SSSR count). The van der Waals surface area contributed by atoms with Crippen molar-refractivity contribution in [2.75, 3.05) is 12.4 Å². The molecule has 0 radical (unpaired) electrons. The number of benzene rings is 2. The minimum atomic E-state index is -0.456. The number of imidazole rings is 1. The van der Waals surface area contributed by atoms with Crippen molar-refractivity contribution in [3.8, 4) is 16.9 Å². The molecule has 0 saturated heterocycles. The van der Waals surface area contributed by atoms with Gasteiger partial charge in [0.25, 0.3) is 0 Å². The molecule has 8 heteroatoms. The molecule has 2 aromatic carbocycles. The number of hydrogen-bond acceptors (Lipinski definition) is 6. The number of rotatable bonds is 6. The van der Waals surface area contributed by atoms with E-state index in [-0.39, 0.29) is 11.7 Å². The van der Waals surface area contributed by atoms with E-state index in [1.54, 1.807) is 25.3 Å². The number of para-hydroxylation sites is 1. The predicted molar refractivity (Wildman–Crippen MR) is 125 cm³/mol. The van der Waals surface area contributed by atoms with Crippen LogP contribution in [0.4, 0.5) is 0 Å². The summed E-state index contributed by atoms with van der Waals surface area (Å²) in [5, 5.41) is 1.41. The van der Waals surface area contributed by atoms with E-state index >= 15 is 0 Å². The largest absolute Gasteiger partial charge is 0.465 e. The molecule has 0 aliphatic carbocycles. The fourth-order valence-corrected chi connectivity index (χ4v) is 4.10. The van der Waals surface area contributed by atoms with E-state index in [4.69, 9.17) is 9.15 Å². The van der Waals surface area contributed by atoms with Crippen molar-refractivity contribution in [1.29, 1.82) is 0 Å². The standard InChI is InChI=1S/C22H17IN2O4S/c1-2-28-20(26)13-30-22-24-18(12-25(22)16-9-7-15(23)8-10-16)17-11-14-5-3-4-6-19(14)29-21(17)27/h3-12H,2,13H2,1H3. The molecule has 2 heterocycles. The van der Waals surface area contributed by atoms with Gasteiger partial charge in [0, 0.05) is 20.8 Å². The number of esters is 1. The van der Waals surface area contributed by atoms with Crippen LogP contribution in [-0.4, -0.2) is 27.9 Å². The van der Waals surface area contributed by atoms with Gasteiger partial charge in [-0.2, -0.15) is 0 Å². The Morgan fingerprint density at radius 1 is 1.20 bits per heavy atom. The molecule has 6 nitrogen and oxygen atoms in total. The number of nitrogens with zero attached hydrogens (tertiary/aromatic N) is 2. The summed E-state index contributed by atoms with van der Waals surface area (Å²) in [4.78, 5) is 29.1. The van der Waals surface area contributed by atoms with Gasteiger partial charge in [0.05, 0.1) is 23.6 Å². The molecule has 0 unspecified atom stereocenters. The maximum atomic E-state index is 12.6. The molecular formula is C22H17IN2O4S. The van der Waals surface area contributed by atoms with Gasteiger partial charge in [-0.3, -0.25) is 9.36 Å². The fraction of sp³-hybridized carbons (Fsp3) is 0.136. The van der Waals surface area contributed by atoms with Crippen LogP contribution in [0.1, 0.15) is 6.92 Å². The highest BCUT2D eigenvalue weighted by molar-refractivity contribution is 14.1. The number of carbonyl (C=O) groups excluding carboxylic acids is 1. The number of halogens is 1. The molecular weight excluding hydrogens is 515 g/mol. The summed E-state index contributed by atoms with van der Waals surface area (Å²) >= 11 is 3.50. The fourth-order valence-electron chi connectivity index (χ4n) is 2.95. The van der Waals surface area contributed by atoms with E-state index in [9.17, 15) is 9.59 Å². The summed E-state index contributed by atoms with van der Waals surface area (Å²) in [6.45, 7) is 2.10. The van der Waals surface area contributed by atoms with Crippen molar-refractivity contribution >= 4 is 51.3 Å². The number of ether oxygens (including phenoxy) is 1. The topological polar surface area (TPSA) is 74.3 Å². The Balaban J connectivity index is 1.78. The van der Waals surface area contributed by atoms with E-state index in [0.717, 1.165) is 14.6 Å². The second-order valence-corrected chi connectivity index (χ2v) is 8.52. The van der Waals surface area contributed by atoms with Crippen molar-refractivity contribution in [2.24, 2.45) is 0 Å². The SMILES string of the molecule is CCOC(=O)CSc1nc(-c2cc3ccccc3oc2=O)cn1-c1ccc(I)cc1. The van der Waals surface area contributed by atoms with Crippen molar-refractivity contribution < 1.29 is 13.9 Å². The van der Waals surface area contributed by atoms with E-state index in [2.05, 4.69) is 27.6 Å². The lowest BCUT2D eigenvalue weighted by molar-refractivity contribution is -0.139. The van der Waals surface area contributed by atoms with Crippen molar-refractivity contribution in [2.45, 2.75) is 12.1 Å². The third kappa shape index (κ3) is 4.44.